The number of hydrogen-bond acceptors (Lipinski definition) is 4. The van der Waals surface area contributed by atoms with E-state index in [2.05, 4.69) is 5.32 Å². The maximum absolute atomic E-state index is 12.0. The minimum absolute atomic E-state index is 0.0950. The van der Waals surface area contributed by atoms with Gasteiger partial charge in [-0.15, -0.1) is 0 Å². The lowest BCUT2D eigenvalue weighted by Crippen LogP contribution is -2.46. The lowest BCUT2D eigenvalue weighted by atomic mass is 9.96. The molecule has 1 fully saturated rings. The summed E-state index contributed by atoms with van der Waals surface area (Å²) >= 11 is 0. The number of nitrogens with zero attached hydrogens (tertiary/aromatic N) is 1. The smallest absolute Gasteiger partial charge is 0.317 e. The standard InChI is InChI=1S/C17H25N3O4/c1-23-14-3-5-15(6-4-14)24-12-2-9-19-17(22)20-10-7-13(8-11-20)16(18)21/h3-6,13H,2,7-12H2,1H3,(H2,18,21)(H,19,22). The number of carbonyl (C=O) groups excluding carboxylic acids is 2. The Kier molecular flexibility index (Phi) is 6.72. The number of piperidine rings is 1. The third-order valence-electron chi connectivity index (χ3n) is 4.11. The number of nitrogens with two attached hydrogens (primary N) is 1. The van der Waals surface area contributed by atoms with Crippen molar-refractivity contribution in [2.24, 2.45) is 11.7 Å². The van der Waals surface area contributed by atoms with Gasteiger partial charge in [0.1, 0.15) is 11.5 Å². The van der Waals surface area contributed by atoms with Crippen LogP contribution in [0.1, 0.15) is 19.3 Å². The second-order valence-electron chi connectivity index (χ2n) is 5.77. The zero-order valence-electron chi connectivity index (χ0n) is 14.0. The number of likely N-dealkylation sites (tertiary alicyclic amines) is 1. The van der Waals surface area contributed by atoms with Crippen LogP contribution in [0, 0.1) is 5.92 Å². The number of carbonyl (C=O) groups is 2. The van der Waals surface area contributed by atoms with Crippen LogP contribution in [0.2, 0.25) is 0 Å². The molecule has 1 saturated heterocycles. The van der Waals surface area contributed by atoms with Crippen molar-refractivity contribution >= 4 is 11.9 Å². The number of benzene rings is 1. The molecular weight excluding hydrogens is 310 g/mol. The molecule has 0 bridgehead atoms. The molecular formula is C17H25N3O4. The van der Waals surface area contributed by atoms with Crippen molar-refractivity contribution in [3.05, 3.63) is 24.3 Å². The highest BCUT2D eigenvalue weighted by molar-refractivity contribution is 5.78. The number of nitrogens with one attached hydrogen (secondary N) is 1. The van der Waals surface area contributed by atoms with Gasteiger partial charge in [-0.2, -0.15) is 0 Å². The van der Waals surface area contributed by atoms with Gasteiger partial charge >= 0.3 is 6.03 Å². The van der Waals surface area contributed by atoms with Gasteiger partial charge in [0.2, 0.25) is 5.91 Å². The molecule has 1 aliphatic rings. The Morgan fingerprint density at radius 2 is 1.83 bits per heavy atom. The Labute approximate surface area is 142 Å². The summed E-state index contributed by atoms with van der Waals surface area (Å²) in [7, 11) is 1.62. The van der Waals surface area contributed by atoms with Crippen LogP contribution in [-0.2, 0) is 4.79 Å². The Bertz CT molecular complexity index is 539. The van der Waals surface area contributed by atoms with Crippen LogP contribution < -0.4 is 20.5 Å². The predicted molar refractivity (Wildman–Crippen MR) is 90.0 cm³/mol. The van der Waals surface area contributed by atoms with E-state index in [1.165, 1.54) is 0 Å². The summed E-state index contributed by atoms with van der Waals surface area (Å²) in [6, 6.07) is 7.28. The number of urea groups is 1. The molecule has 1 heterocycles. The van der Waals surface area contributed by atoms with Crippen LogP contribution in [0.3, 0.4) is 0 Å². The van der Waals surface area contributed by atoms with Crippen LogP contribution in [0.4, 0.5) is 4.79 Å². The van der Waals surface area contributed by atoms with Crippen molar-refractivity contribution in [1.82, 2.24) is 10.2 Å². The van der Waals surface area contributed by atoms with Crippen molar-refractivity contribution in [2.45, 2.75) is 19.3 Å². The zero-order chi connectivity index (χ0) is 17.4. The number of methoxy groups -OCH3 is 1. The van der Waals surface area contributed by atoms with Crippen LogP contribution >= 0.6 is 0 Å². The predicted octanol–water partition coefficient (Wildman–Crippen LogP) is 1.37. The first kappa shape index (κ1) is 17.9. The van der Waals surface area contributed by atoms with Gasteiger partial charge in [-0.25, -0.2) is 4.79 Å². The molecule has 0 radical (unpaired) electrons. The second kappa shape index (κ2) is 9.00. The quantitative estimate of drug-likeness (QED) is 0.736. The molecule has 1 aliphatic heterocycles. The Balaban J connectivity index is 1.58. The molecule has 0 saturated carbocycles. The van der Waals surface area contributed by atoms with Gasteiger partial charge in [-0.05, 0) is 43.5 Å². The van der Waals surface area contributed by atoms with E-state index in [4.69, 9.17) is 15.2 Å². The second-order valence-corrected chi connectivity index (χ2v) is 5.77. The van der Waals surface area contributed by atoms with Gasteiger partial charge in [-0.1, -0.05) is 0 Å². The lowest BCUT2D eigenvalue weighted by Gasteiger charge is -2.30. The molecule has 132 valence electrons. The fourth-order valence-corrected chi connectivity index (χ4v) is 2.61. The number of rotatable bonds is 7. The monoisotopic (exact) mass is 335 g/mol. The highest BCUT2D eigenvalue weighted by atomic mass is 16.5. The molecule has 24 heavy (non-hydrogen) atoms. The summed E-state index contributed by atoms with van der Waals surface area (Å²) in [4.78, 5) is 24.9. The van der Waals surface area contributed by atoms with Crippen LogP contribution in [0.25, 0.3) is 0 Å². The van der Waals surface area contributed by atoms with E-state index in [1.54, 1.807) is 12.0 Å². The molecule has 3 N–H and O–H groups in total. The van der Waals surface area contributed by atoms with E-state index < -0.39 is 0 Å². The first-order chi connectivity index (χ1) is 11.6. The molecule has 0 aromatic heterocycles. The first-order valence-corrected chi connectivity index (χ1v) is 8.19. The van der Waals surface area contributed by atoms with Gasteiger partial charge in [0, 0.05) is 25.6 Å². The van der Waals surface area contributed by atoms with Crippen molar-refractivity contribution in [3.63, 3.8) is 0 Å². The molecule has 1 aromatic rings. The number of hydrogen-bond donors (Lipinski definition) is 2. The maximum Gasteiger partial charge on any atom is 0.317 e. The molecule has 7 nitrogen and oxygen atoms in total. The fraction of sp³-hybridized carbons (Fsp3) is 0.529. The Morgan fingerprint density at radius 1 is 1.21 bits per heavy atom. The topological polar surface area (TPSA) is 93.9 Å². The molecule has 0 unspecified atom stereocenters. The van der Waals surface area contributed by atoms with Crippen molar-refractivity contribution in [1.29, 1.82) is 0 Å². The van der Waals surface area contributed by atoms with Gasteiger partial charge < -0.3 is 25.4 Å². The molecule has 2 rings (SSSR count). The summed E-state index contributed by atoms with van der Waals surface area (Å²) in [6.07, 6.45) is 2.00. The first-order valence-electron chi connectivity index (χ1n) is 8.19. The fourth-order valence-electron chi connectivity index (χ4n) is 2.61. The SMILES string of the molecule is COc1ccc(OCCCNC(=O)N2CCC(C(N)=O)CC2)cc1. The van der Waals surface area contributed by atoms with Gasteiger partial charge in [0.05, 0.1) is 13.7 Å². The van der Waals surface area contributed by atoms with Gasteiger partial charge in [0.25, 0.3) is 0 Å². The largest absolute Gasteiger partial charge is 0.497 e. The summed E-state index contributed by atoms with van der Waals surface area (Å²) in [5.74, 6) is 1.18. The lowest BCUT2D eigenvalue weighted by molar-refractivity contribution is -0.123. The highest BCUT2D eigenvalue weighted by Gasteiger charge is 2.25. The van der Waals surface area contributed by atoms with E-state index in [1.807, 2.05) is 24.3 Å². The van der Waals surface area contributed by atoms with Crippen LogP contribution in [-0.4, -0.2) is 50.2 Å². The van der Waals surface area contributed by atoms with E-state index in [0.717, 1.165) is 17.9 Å². The molecule has 7 heteroatoms. The van der Waals surface area contributed by atoms with Crippen molar-refractivity contribution < 1.29 is 19.1 Å². The van der Waals surface area contributed by atoms with E-state index in [0.29, 0.717) is 39.1 Å². The van der Waals surface area contributed by atoms with Crippen molar-refractivity contribution in [2.75, 3.05) is 33.4 Å². The average Bonchev–Trinajstić information content (AvgIpc) is 2.62. The summed E-state index contributed by atoms with van der Waals surface area (Å²) < 4.78 is 10.7. The number of amides is 3. The van der Waals surface area contributed by atoms with E-state index in [-0.39, 0.29) is 17.9 Å². The average molecular weight is 335 g/mol. The van der Waals surface area contributed by atoms with Gasteiger partial charge in [0.15, 0.2) is 0 Å². The maximum atomic E-state index is 12.0. The van der Waals surface area contributed by atoms with Gasteiger partial charge in [-0.3, -0.25) is 4.79 Å². The molecule has 0 spiro atoms. The molecule has 3 amide bonds. The van der Waals surface area contributed by atoms with E-state index >= 15 is 0 Å². The summed E-state index contributed by atoms with van der Waals surface area (Å²) in [5, 5.41) is 2.87. The number of primary amides is 1. The Hall–Kier alpha value is -2.44. The highest BCUT2D eigenvalue weighted by Crippen LogP contribution is 2.17. The molecule has 0 aliphatic carbocycles. The number of ether oxygens (including phenoxy) is 2. The Morgan fingerprint density at radius 3 is 2.42 bits per heavy atom. The third kappa shape index (κ3) is 5.33. The molecule has 1 aromatic carbocycles. The minimum Gasteiger partial charge on any atom is -0.497 e. The van der Waals surface area contributed by atoms with Crippen molar-refractivity contribution in [3.8, 4) is 11.5 Å². The van der Waals surface area contributed by atoms with Crippen LogP contribution in [0.5, 0.6) is 11.5 Å². The zero-order valence-corrected chi connectivity index (χ0v) is 14.0. The molecule has 0 atom stereocenters. The summed E-state index contributed by atoms with van der Waals surface area (Å²) in [6.45, 7) is 2.21. The van der Waals surface area contributed by atoms with Crippen LogP contribution in [0.15, 0.2) is 24.3 Å². The summed E-state index contributed by atoms with van der Waals surface area (Å²) in [5.41, 5.74) is 5.29. The minimum atomic E-state index is -0.272. The van der Waals surface area contributed by atoms with E-state index in [9.17, 15) is 9.59 Å². The third-order valence-corrected chi connectivity index (χ3v) is 4.11. The normalized spacial score (nSPS) is 15.0.